The van der Waals surface area contributed by atoms with Crippen molar-refractivity contribution < 1.29 is 45.4 Å². The van der Waals surface area contributed by atoms with Crippen LogP contribution >= 0.6 is 0 Å². The number of ether oxygens (including phenoxy) is 3. The standard InChI is InChI=1S/C20H19F3N2O7S/c1-12(18(26)25-14-5-6-16-17(10-14)31-8-7-30-16)32-19(27)13-3-2-4-15(9-13)33(28,29)24-11-20(21,22)23/h2-6,9-10,12,24H,7-8,11H2,1H3,(H,25,26)/t12-/m1/s1. The lowest BCUT2D eigenvalue weighted by Gasteiger charge is -2.19. The van der Waals surface area contributed by atoms with Gasteiger partial charge in [0.05, 0.1) is 10.5 Å². The van der Waals surface area contributed by atoms with Crippen LogP contribution < -0.4 is 19.5 Å². The van der Waals surface area contributed by atoms with Crippen LogP contribution in [0.5, 0.6) is 11.5 Å². The molecule has 1 atom stereocenters. The maximum Gasteiger partial charge on any atom is 0.402 e. The van der Waals surface area contributed by atoms with Crippen LogP contribution in [0.2, 0.25) is 0 Å². The Morgan fingerprint density at radius 3 is 2.48 bits per heavy atom. The first-order valence-corrected chi connectivity index (χ1v) is 11.0. The van der Waals surface area contributed by atoms with Crippen molar-refractivity contribution in [3.63, 3.8) is 0 Å². The Bertz CT molecular complexity index is 1150. The number of fused-ring (bicyclic) bond motifs is 1. The molecule has 1 aliphatic rings. The van der Waals surface area contributed by atoms with E-state index in [1.807, 2.05) is 0 Å². The number of hydrogen-bond donors (Lipinski definition) is 2. The number of rotatable bonds is 7. The number of alkyl halides is 3. The second-order valence-electron chi connectivity index (χ2n) is 6.86. The summed E-state index contributed by atoms with van der Waals surface area (Å²) < 4.78 is 78.3. The molecule has 2 aromatic rings. The predicted molar refractivity (Wildman–Crippen MR) is 109 cm³/mol. The van der Waals surface area contributed by atoms with Gasteiger partial charge in [-0.25, -0.2) is 17.9 Å². The van der Waals surface area contributed by atoms with Crippen molar-refractivity contribution in [3.05, 3.63) is 48.0 Å². The number of amides is 1. The lowest BCUT2D eigenvalue weighted by Crippen LogP contribution is -2.34. The molecule has 2 aromatic carbocycles. The topological polar surface area (TPSA) is 120 Å². The fourth-order valence-corrected chi connectivity index (χ4v) is 3.76. The second-order valence-corrected chi connectivity index (χ2v) is 8.63. The summed E-state index contributed by atoms with van der Waals surface area (Å²) >= 11 is 0. The van der Waals surface area contributed by atoms with Gasteiger partial charge < -0.3 is 19.5 Å². The summed E-state index contributed by atoms with van der Waals surface area (Å²) in [6.45, 7) is 0.309. The van der Waals surface area contributed by atoms with Gasteiger partial charge in [0.1, 0.15) is 19.8 Å². The van der Waals surface area contributed by atoms with E-state index >= 15 is 0 Å². The van der Waals surface area contributed by atoms with Gasteiger partial charge in [0, 0.05) is 11.8 Å². The van der Waals surface area contributed by atoms with Crippen molar-refractivity contribution in [1.29, 1.82) is 0 Å². The molecule has 0 unspecified atom stereocenters. The number of benzene rings is 2. The number of nitrogens with one attached hydrogen (secondary N) is 2. The lowest BCUT2D eigenvalue weighted by atomic mass is 10.2. The molecule has 1 heterocycles. The highest BCUT2D eigenvalue weighted by Gasteiger charge is 2.30. The number of anilines is 1. The minimum atomic E-state index is -4.75. The average Bonchev–Trinajstić information content (AvgIpc) is 2.77. The van der Waals surface area contributed by atoms with Crippen molar-refractivity contribution >= 4 is 27.6 Å². The van der Waals surface area contributed by atoms with Gasteiger partial charge in [-0.15, -0.1) is 0 Å². The van der Waals surface area contributed by atoms with E-state index < -0.39 is 45.6 Å². The zero-order valence-electron chi connectivity index (χ0n) is 17.1. The van der Waals surface area contributed by atoms with Gasteiger partial charge >= 0.3 is 12.1 Å². The number of carbonyl (C=O) groups excluding carboxylic acids is 2. The second kappa shape index (κ2) is 9.67. The first-order chi connectivity index (χ1) is 15.4. The first-order valence-electron chi connectivity index (χ1n) is 9.52. The van der Waals surface area contributed by atoms with Gasteiger partial charge in [-0.3, -0.25) is 4.79 Å². The maximum absolute atomic E-state index is 12.4. The molecule has 13 heteroatoms. The molecule has 0 bridgehead atoms. The molecular formula is C20H19F3N2O7S. The molecule has 0 aliphatic carbocycles. The Hall–Kier alpha value is -3.32. The average molecular weight is 488 g/mol. The van der Waals surface area contributed by atoms with Crippen LogP contribution in [-0.2, 0) is 19.6 Å². The molecule has 33 heavy (non-hydrogen) atoms. The Morgan fingerprint density at radius 1 is 1.09 bits per heavy atom. The maximum atomic E-state index is 12.4. The van der Waals surface area contributed by atoms with Crippen molar-refractivity contribution in [2.75, 3.05) is 25.1 Å². The Balaban J connectivity index is 1.63. The van der Waals surface area contributed by atoms with E-state index in [1.54, 1.807) is 18.2 Å². The molecule has 0 saturated carbocycles. The molecule has 0 aromatic heterocycles. The van der Waals surface area contributed by atoms with Gasteiger partial charge in [-0.2, -0.15) is 13.2 Å². The summed E-state index contributed by atoms with van der Waals surface area (Å²) in [4.78, 5) is 24.2. The zero-order chi connectivity index (χ0) is 24.2. The van der Waals surface area contributed by atoms with Crippen LogP contribution in [0.3, 0.4) is 0 Å². The molecule has 1 aliphatic heterocycles. The highest BCUT2D eigenvalue weighted by Crippen LogP contribution is 2.32. The van der Waals surface area contributed by atoms with Crippen molar-refractivity contribution in [2.45, 2.75) is 24.1 Å². The third-order valence-electron chi connectivity index (χ3n) is 4.31. The van der Waals surface area contributed by atoms with E-state index in [2.05, 4.69) is 5.32 Å². The van der Waals surface area contributed by atoms with E-state index in [9.17, 15) is 31.2 Å². The van der Waals surface area contributed by atoms with E-state index in [0.29, 0.717) is 30.4 Å². The molecule has 2 N–H and O–H groups in total. The van der Waals surface area contributed by atoms with E-state index in [-0.39, 0.29) is 5.56 Å². The zero-order valence-corrected chi connectivity index (χ0v) is 18.0. The smallest absolute Gasteiger partial charge is 0.402 e. The van der Waals surface area contributed by atoms with Crippen LogP contribution in [-0.4, -0.2) is 52.3 Å². The number of esters is 1. The van der Waals surface area contributed by atoms with Crippen molar-refractivity contribution in [2.24, 2.45) is 0 Å². The molecule has 0 spiro atoms. The van der Waals surface area contributed by atoms with Gasteiger partial charge in [-0.1, -0.05) is 6.07 Å². The molecular weight excluding hydrogens is 469 g/mol. The van der Waals surface area contributed by atoms with Gasteiger partial charge in [0.25, 0.3) is 5.91 Å². The van der Waals surface area contributed by atoms with E-state index in [4.69, 9.17) is 14.2 Å². The third kappa shape index (κ3) is 6.58. The summed E-state index contributed by atoms with van der Waals surface area (Å²) in [5.41, 5.74) is 0.111. The highest BCUT2D eigenvalue weighted by atomic mass is 32.2. The number of hydrogen-bond acceptors (Lipinski definition) is 7. The molecule has 0 saturated heterocycles. The van der Waals surface area contributed by atoms with Crippen LogP contribution in [0.15, 0.2) is 47.4 Å². The minimum absolute atomic E-state index is 0.260. The molecule has 0 radical (unpaired) electrons. The van der Waals surface area contributed by atoms with Crippen LogP contribution in [0.1, 0.15) is 17.3 Å². The highest BCUT2D eigenvalue weighted by molar-refractivity contribution is 7.89. The monoisotopic (exact) mass is 488 g/mol. The fraction of sp³-hybridized carbons (Fsp3) is 0.300. The first kappa shape index (κ1) is 24.3. The largest absolute Gasteiger partial charge is 0.486 e. The lowest BCUT2D eigenvalue weighted by molar-refractivity contribution is -0.124. The Morgan fingerprint density at radius 2 is 1.79 bits per heavy atom. The van der Waals surface area contributed by atoms with Crippen LogP contribution in [0.25, 0.3) is 0 Å². The normalized spacial score (nSPS) is 14.3. The summed E-state index contributed by atoms with van der Waals surface area (Å²) in [5, 5.41) is 2.55. The molecule has 178 valence electrons. The van der Waals surface area contributed by atoms with E-state index in [0.717, 1.165) is 12.1 Å². The SMILES string of the molecule is C[C@@H](OC(=O)c1cccc(S(=O)(=O)NCC(F)(F)F)c1)C(=O)Nc1ccc2c(c1)OCCO2. The molecule has 3 rings (SSSR count). The van der Waals surface area contributed by atoms with E-state index in [1.165, 1.54) is 23.8 Å². The Kier molecular flexibility index (Phi) is 7.12. The van der Waals surface area contributed by atoms with Crippen LogP contribution in [0.4, 0.5) is 18.9 Å². The fourth-order valence-electron chi connectivity index (χ4n) is 2.70. The summed E-state index contributed by atoms with van der Waals surface area (Å²) in [7, 11) is -4.52. The number of halogens is 3. The van der Waals surface area contributed by atoms with Crippen molar-refractivity contribution in [1.82, 2.24) is 4.72 Å². The minimum Gasteiger partial charge on any atom is -0.486 e. The summed E-state index contributed by atoms with van der Waals surface area (Å²) in [5.74, 6) is -0.734. The van der Waals surface area contributed by atoms with Crippen LogP contribution in [0, 0.1) is 0 Å². The van der Waals surface area contributed by atoms with Crippen molar-refractivity contribution in [3.8, 4) is 11.5 Å². The van der Waals surface area contributed by atoms with Gasteiger partial charge in [0.2, 0.25) is 10.0 Å². The summed E-state index contributed by atoms with van der Waals surface area (Å²) in [6, 6.07) is 8.97. The van der Waals surface area contributed by atoms with Gasteiger partial charge in [0.15, 0.2) is 17.6 Å². The number of sulfonamides is 1. The predicted octanol–water partition coefficient (Wildman–Crippen LogP) is 2.48. The molecule has 1 amide bonds. The third-order valence-corrected chi connectivity index (χ3v) is 5.70. The quantitative estimate of drug-likeness (QED) is 0.575. The molecule has 0 fully saturated rings. The Labute approximate surface area is 186 Å². The summed E-state index contributed by atoms with van der Waals surface area (Å²) in [6.07, 6.45) is -6.02. The molecule has 9 nitrogen and oxygen atoms in total. The number of carbonyl (C=O) groups is 2. The van der Waals surface area contributed by atoms with Gasteiger partial charge in [-0.05, 0) is 37.3 Å².